The fourth-order valence-electron chi connectivity index (χ4n) is 0.202. The molecule has 0 aliphatic heterocycles. The summed E-state index contributed by atoms with van der Waals surface area (Å²) in [5, 5.41) is 0. The molecule has 0 bridgehead atoms. The van der Waals surface area contributed by atoms with Crippen molar-refractivity contribution in [3.8, 4) is 0 Å². The predicted octanol–water partition coefficient (Wildman–Crippen LogP) is 1.63. The molecule has 0 aromatic heterocycles. The highest BCUT2D eigenvalue weighted by Gasteiger charge is 1.81. The fourth-order valence-corrected chi connectivity index (χ4v) is 0.202. The topological polar surface area (TPSA) is 45.0 Å². The lowest BCUT2D eigenvalue weighted by molar-refractivity contribution is -0.104. The first-order chi connectivity index (χ1) is 6.58. The summed E-state index contributed by atoms with van der Waals surface area (Å²) < 4.78 is 0. The molecule has 0 N–H and O–H groups in total. The van der Waals surface area contributed by atoms with Crippen LogP contribution in [-0.2, 0) is 4.79 Å². The van der Waals surface area contributed by atoms with Crippen molar-refractivity contribution in [3.05, 3.63) is 11.9 Å². The fraction of sp³-hybridized carbons (Fsp3) is 0.500. The first kappa shape index (κ1) is 18.5. The maximum Gasteiger partial charge on any atom is 0.169 e. The van der Waals surface area contributed by atoms with E-state index >= 15 is 0 Å². The maximum atomic E-state index is 9.84. The van der Waals surface area contributed by atoms with Crippen LogP contribution in [0.2, 0.25) is 0 Å². The molecule has 0 saturated carbocycles. The Morgan fingerprint density at radius 1 is 1.21 bits per heavy atom. The predicted molar refractivity (Wildman–Crippen MR) is 64.2 cm³/mol. The van der Waals surface area contributed by atoms with E-state index < -0.39 is 0 Å². The lowest BCUT2D eigenvalue weighted by atomic mass is 10.5. The van der Waals surface area contributed by atoms with Crippen molar-refractivity contribution >= 4 is 19.7 Å². The summed E-state index contributed by atoms with van der Waals surface area (Å²) in [6.07, 6.45) is 1.79. The lowest BCUT2D eigenvalue weighted by Crippen LogP contribution is -1.99. The Morgan fingerprint density at radius 3 is 1.64 bits per heavy atom. The van der Waals surface area contributed by atoms with Crippen LogP contribution in [0.1, 0.15) is 13.8 Å². The molecular formula is C10H21N3O. The molecule has 0 aromatic carbocycles. The van der Waals surface area contributed by atoms with Gasteiger partial charge in [0.2, 0.25) is 0 Å². The molecule has 0 amide bonds. The van der Waals surface area contributed by atoms with Crippen LogP contribution in [0, 0.1) is 0 Å². The van der Waals surface area contributed by atoms with Crippen LogP contribution in [0.3, 0.4) is 0 Å². The van der Waals surface area contributed by atoms with E-state index in [-0.39, 0.29) is 5.70 Å². The van der Waals surface area contributed by atoms with Gasteiger partial charge < -0.3 is 4.90 Å². The molecule has 0 spiro atoms. The zero-order valence-corrected chi connectivity index (χ0v) is 9.82. The number of rotatable bonds is 3. The van der Waals surface area contributed by atoms with Gasteiger partial charge in [-0.2, -0.15) is 0 Å². The number of hydrogen-bond acceptors (Lipinski definition) is 4. The van der Waals surface area contributed by atoms with Crippen molar-refractivity contribution in [3.63, 3.8) is 0 Å². The van der Waals surface area contributed by atoms with Gasteiger partial charge in [-0.05, 0) is 34.6 Å². The number of nitrogens with zero attached hydrogens (tertiary/aromatic N) is 3. The molecule has 82 valence electrons. The van der Waals surface area contributed by atoms with Gasteiger partial charge >= 0.3 is 0 Å². The minimum Gasteiger partial charge on any atom is -0.312 e. The second-order valence-electron chi connectivity index (χ2n) is 2.35. The standard InChI is InChI=1S/C5H6N2O.C3H9N.C2H6/c1-6-3-5(4-8)7-2;1-4(2)3;1-2/h3-4H,1-2H2;1-3H3;1-2H3/b5-3-;;. The molecule has 0 saturated heterocycles. The molecule has 0 rings (SSSR count). The molecule has 0 heterocycles. The van der Waals surface area contributed by atoms with E-state index in [0.29, 0.717) is 6.29 Å². The maximum absolute atomic E-state index is 9.84. The van der Waals surface area contributed by atoms with Gasteiger partial charge in [-0.25, -0.2) is 0 Å². The summed E-state index contributed by atoms with van der Waals surface area (Å²) in [5.74, 6) is 0. The van der Waals surface area contributed by atoms with Crippen molar-refractivity contribution in [2.45, 2.75) is 13.8 Å². The molecule has 4 nitrogen and oxygen atoms in total. The van der Waals surface area contributed by atoms with E-state index in [4.69, 9.17) is 0 Å². The molecule has 0 aliphatic carbocycles. The Labute approximate surface area is 87.1 Å². The van der Waals surface area contributed by atoms with Crippen LogP contribution in [-0.4, -0.2) is 45.8 Å². The SMILES string of the molecule is C=N/C=C(/C=O)N=C.CC.CN(C)C. The Kier molecular flexibility index (Phi) is 23.4. The highest BCUT2D eigenvalue weighted by molar-refractivity contribution is 5.73. The van der Waals surface area contributed by atoms with Gasteiger partial charge in [0.05, 0.1) is 6.20 Å². The number of aldehydes is 1. The van der Waals surface area contributed by atoms with Crippen molar-refractivity contribution in [2.75, 3.05) is 21.1 Å². The van der Waals surface area contributed by atoms with Gasteiger partial charge in [-0.3, -0.25) is 14.8 Å². The zero-order chi connectivity index (χ0) is 12.0. The van der Waals surface area contributed by atoms with E-state index in [9.17, 15) is 4.79 Å². The normalized spacial score (nSPS) is 8.86. The van der Waals surface area contributed by atoms with E-state index in [1.807, 2.05) is 39.9 Å². The van der Waals surface area contributed by atoms with Gasteiger partial charge in [0, 0.05) is 0 Å². The number of hydrogen-bond donors (Lipinski definition) is 0. The molecule has 0 atom stereocenters. The quantitative estimate of drug-likeness (QED) is 0.394. The molecule has 0 aromatic rings. The smallest absolute Gasteiger partial charge is 0.169 e. The summed E-state index contributed by atoms with van der Waals surface area (Å²) in [5.41, 5.74) is 0.194. The molecule has 0 aliphatic rings. The third-order valence-electron chi connectivity index (χ3n) is 0.527. The second kappa shape index (κ2) is 17.7. The van der Waals surface area contributed by atoms with Crippen molar-refractivity contribution in [2.24, 2.45) is 9.98 Å². The van der Waals surface area contributed by atoms with E-state index in [1.165, 1.54) is 6.20 Å². The zero-order valence-electron chi connectivity index (χ0n) is 9.82. The summed E-state index contributed by atoms with van der Waals surface area (Å²) >= 11 is 0. The highest BCUT2D eigenvalue weighted by atomic mass is 16.1. The number of allylic oxidation sites excluding steroid dienone is 1. The van der Waals surface area contributed by atoms with Crippen LogP contribution in [0.4, 0.5) is 0 Å². The average molecular weight is 199 g/mol. The van der Waals surface area contributed by atoms with Gasteiger partial charge in [0.15, 0.2) is 6.29 Å². The Balaban J connectivity index is -0.000000170. The number of aliphatic imine (C=N–C) groups is 2. The second-order valence-corrected chi connectivity index (χ2v) is 2.35. The Hall–Kier alpha value is -1.29. The summed E-state index contributed by atoms with van der Waals surface area (Å²) in [7, 11) is 6.00. The molecule has 0 fully saturated rings. The van der Waals surface area contributed by atoms with Gasteiger partial charge in [-0.15, -0.1) is 0 Å². The number of carbonyl (C=O) groups is 1. The van der Waals surface area contributed by atoms with Gasteiger partial charge in [0.1, 0.15) is 5.70 Å². The summed E-state index contributed by atoms with van der Waals surface area (Å²) in [6, 6.07) is 0. The average Bonchev–Trinajstić information content (AvgIpc) is 2.16. The minimum absolute atomic E-state index is 0.194. The highest BCUT2D eigenvalue weighted by Crippen LogP contribution is 1.87. The monoisotopic (exact) mass is 199 g/mol. The summed E-state index contributed by atoms with van der Waals surface area (Å²) in [4.78, 5) is 18.4. The third-order valence-corrected chi connectivity index (χ3v) is 0.527. The Morgan fingerprint density at radius 2 is 1.57 bits per heavy atom. The first-order valence-electron chi connectivity index (χ1n) is 4.27. The molecule has 0 unspecified atom stereocenters. The molecule has 4 heteroatoms. The van der Waals surface area contributed by atoms with Crippen molar-refractivity contribution in [1.82, 2.24) is 4.90 Å². The van der Waals surface area contributed by atoms with E-state index in [2.05, 4.69) is 23.4 Å². The van der Waals surface area contributed by atoms with Crippen molar-refractivity contribution in [1.29, 1.82) is 0 Å². The van der Waals surface area contributed by atoms with E-state index in [0.717, 1.165) is 0 Å². The van der Waals surface area contributed by atoms with Crippen LogP contribution in [0.15, 0.2) is 21.9 Å². The summed E-state index contributed by atoms with van der Waals surface area (Å²) in [6.45, 7) is 10.2. The van der Waals surface area contributed by atoms with Gasteiger partial charge in [-0.1, -0.05) is 13.8 Å². The molecule has 14 heavy (non-hydrogen) atoms. The minimum atomic E-state index is 0.194. The Bertz CT molecular complexity index is 161. The van der Waals surface area contributed by atoms with Crippen LogP contribution >= 0.6 is 0 Å². The third kappa shape index (κ3) is 31.0. The molecule has 0 radical (unpaired) electrons. The lowest BCUT2D eigenvalue weighted by Gasteiger charge is -1.90. The van der Waals surface area contributed by atoms with E-state index in [1.54, 1.807) is 0 Å². The van der Waals surface area contributed by atoms with Crippen LogP contribution < -0.4 is 0 Å². The van der Waals surface area contributed by atoms with Crippen LogP contribution in [0.5, 0.6) is 0 Å². The van der Waals surface area contributed by atoms with Crippen LogP contribution in [0.25, 0.3) is 0 Å². The van der Waals surface area contributed by atoms with Crippen molar-refractivity contribution < 1.29 is 4.79 Å². The largest absolute Gasteiger partial charge is 0.312 e. The molecular weight excluding hydrogens is 178 g/mol. The van der Waals surface area contributed by atoms with Gasteiger partial charge in [0.25, 0.3) is 0 Å². The first-order valence-corrected chi connectivity index (χ1v) is 4.27. The number of carbonyl (C=O) groups excluding carboxylic acids is 1.